The van der Waals surface area contributed by atoms with Crippen LogP contribution in [0.1, 0.15) is 50.2 Å². The zero-order valence-electron chi connectivity index (χ0n) is 17.3. The van der Waals surface area contributed by atoms with E-state index in [0.29, 0.717) is 23.8 Å². The smallest absolute Gasteiger partial charge is 0.344 e. The number of likely N-dealkylation sites (tertiary alicyclic amines) is 1. The molecule has 1 saturated heterocycles. The molecule has 0 amide bonds. The molecule has 0 bridgehead atoms. The summed E-state index contributed by atoms with van der Waals surface area (Å²) in [7, 11) is 0. The molecule has 1 heterocycles. The predicted molar refractivity (Wildman–Crippen MR) is 117 cm³/mol. The number of benzene rings is 1. The van der Waals surface area contributed by atoms with E-state index in [0.717, 1.165) is 55.6 Å². The van der Waals surface area contributed by atoms with Gasteiger partial charge in [0.25, 0.3) is 0 Å². The van der Waals surface area contributed by atoms with Crippen LogP contribution in [-0.4, -0.2) is 49.5 Å². The fourth-order valence-electron chi connectivity index (χ4n) is 4.92. The zero-order chi connectivity index (χ0) is 21.3. The van der Waals surface area contributed by atoms with Crippen molar-refractivity contribution in [2.45, 2.75) is 45.4 Å². The Bertz CT molecular complexity index is 892. The summed E-state index contributed by atoms with van der Waals surface area (Å²) in [6.07, 6.45) is 7.25. The highest BCUT2D eigenvalue weighted by Gasteiger charge is 2.44. The highest BCUT2D eigenvalue weighted by atomic mass is 35.5. The highest BCUT2D eigenvalue weighted by Crippen LogP contribution is 2.57. The summed E-state index contributed by atoms with van der Waals surface area (Å²) in [5.41, 5.74) is 2.80. The van der Waals surface area contributed by atoms with Gasteiger partial charge >= 0.3 is 5.97 Å². The lowest BCUT2D eigenvalue weighted by Gasteiger charge is -2.32. The molecule has 1 fully saturated rings. The van der Waals surface area contributed by atoms with Crippen molar-refractivity contribution in [1.29, 1.82) is 0 Å². The third-order valence-electron chi connectivity index (χ3n) is 6.67. The molecule has 1 aromatic carbocycles. The first-order valence-electron chi connectivity index (χ1n) is 10.7. The molecule has 4 rings (SSSR count). The van der Waals surface area contributed by atoms with E-state index in [2.05, 4.69) is 11.8 Å². The van der Waals surface area contributed by atoms with Crippen LogP contribution in [0.2, 0.25) is 10.0 Å². The molecule has 5 nitrogen and oxygen atoms in total. The molecule has 1 atom stereocenters. The molecular weight excluding hydrogens is 425 g/mol. The van der Waals surface area contributed by atoms with E-state index in [-0.39, 0.29) is 22.8 Å². The fraction of sp³-hybridized carbons (Fsp3) is 0.565. The molecule has 0 N–H and O–H groups in total. The van der Waals surface area contributed by atoms with Gasteiger partial charge in [0, 0.05) is 23.9 Å². The van der Waals surface area contributed by atoms with Gasteiger partial charge in [0.2, 0.25) is 0 Å². The molecule has 1 aliphatic heterocycles. The Morgan fingerprint density at radius 3 is 2.73 bits per heavy atom. The first-order chi connectivity index (χ1) is 14.4. The van der Waals surface area contributed by atoms with Crippen LogP contribution in [0.3, 0.4) is 0 Å². The van der Waals surface area contributed by atoms with E-state index >= 15 is 0 Å². The summed E-state index contributed by atoms with van der Waals surface area (Å²) in [6, 6.07) is 1.86. The van der Waals surface area contributed by atoms with Crippen LogP contribution in [0.4, 0.5) is 0 Å². The van der Waals surface area contributed by atoms with Crippen molar-refractivity contribution in [2.75, 3.05) is 32.8 Å². The number of nitrogens with zero attached hydrogens (tertiary/aromatic N) is 1. The number of ketones is 1. The molecule has 2 aliphatic carbocycles. The number of carbonyl (C=O) groups is 2. The van der Waals surface area contributed by atoms with E-state index in [1.807, 2.05) is 6.07 Å². The number of ether oxygens (including phenoxy) is 2. The number of rotatable bonds is 7. The number of allylic oxidation sites excluding steroid dienone is 2. The van der Waals surface area contributed by atoms with Gasteiger partial charge in [-0.05, 0) is 68.5 Å². The number of hydrogen-bond acceptors (Lipinski definition) is 5. The quantitative estimate of drug-likeness (QED) is 0.561. The Morgan fingerprint density at radius 2 is 2.00 bits per heavy atom. The van der Waals surface area contributed by atoms with Gasteiger partial charge in [0.15, 0.2) is 12.4 Å². The predicted octanol–water partition coefficient (Wildman–Crippen LogP) is 4.71. The van der Waals surface area contributed by atoms with E-state index < -0.39 is 5.97 Å². The number of hydrogen-bond donors (Lipinski definition) is 0. The lowest BCUT2D eigenvalue weighted by Crippen LogP contribution is -2.26. The normalized spacial score (nSPS) is 23.2. The molecule has 0 aromatic heterocycles. The van der Waals surface area contributed by atoms with Crippen LogP contribution in [-0.2, 0) is 20.7 Å². The average Bonchev–Trinajstić information content (AvgIpc) is 3.35. The Labute approximate surface area is 187 Å². The fourth-order valence-corrected chi connectivity index (χ4v) is 5.44. The SMILES string of the molecule is CCC12CCC(=O)C=C1c1c(cc(OCC(=O)OCCN3CCCC3)c(Cl)c1Cl)C2. The molecule has 1 unspecified atom stereocenters. The van der Waals surface area contributed by atoms with Crippen LogP contribution < -0.4 is 4.74 Å². The standard InChI is InChI=1S/C23H27Cl2NO4/c1-2-23-6-5-16(27)12-17(23)20-15(13-23)11-18(21(24)22(20)25)30-14-19(28)29-10-9-26-7-3-4-8-26/h11-12H,2-10,13-14H2,1H3. The molecule has 0 radical (unpaired) electrons. The van der Waals surface area contributed by atoms with E-state index in [1.54, 1.807) is 6.08 Å². The van der Waals surface area contributed by atoms with Crippen LogP contribution in [0.25, 0.3) is 5.57 Å². The minimum atomic E-state index is -0.422. The maximum absolute atomic E-state index is 12.1. The Hall–Kier alpha value is -1.56. The van der Waals surface area contributed by atoms with Crippen molar-refractivity contribution in [3.63, 3.8) is 0 Å². The summed E-state index contributed by atoms with van der Waals surface area (Å²) in [5, 5.41) is 0.661. The van der Waals surface area contributed by atoms with Gasteiger partial charge < -0.3 is 9.47 Å². The molecule has 1 aromatic rings. The van der Waals surface area contributed by atoms with Crippen molar-refractivity contribution >= 4 is 40.5 Å². The Morgan fingerprint density at radius 1 is 1.23 bits per heavy atom. The second-order valence-corrected chi connectivity index (χ2v) is 9.19. The van der Waals surface area contributed by atoms with Crippen LogP contribution in [0.15, 0.2) is 12.1 Å². The van der Waals surface area contributed by atoms with Crippen LogP contribution in [0.5, 0.6) is 5.75 Å². The van der Waals surface area contributed by atoms with Crippen molar-refractivity contribution in [3.8, 4) is 5.75 Å². The first kappa shape index (κ1) is 21.7. The summed E-state index contributed by atoms with van der Waals surface area (Å²) in [6.45, 7) is 5.18. The average molecular weight is 452 g/mol. The van der Waals surface area contributed by atoms with Gasteiger partial charge in [-0.3, -0.25) is 9.69 Å². The minimum absolute atomic E-state index is 0.0731. The maximum atomic E-state index is 12.1. The summed E-state index contributed by atoms with van der Waals surface area (Å²) in [4.78, 5) is 26.4. The van der Waals surface area contributed by atoms with Gasteiger partial charge in [0.1, 0.15) is 17.4 Å². The summed E-state index contributed by atoms with van der Waals surface area (Å²) in [5.74, 6) is 0.0914. The van der Waals surface area contributed by atoms with Gasteiger partial charge in [-0.1, -0.05) is 30.1 Å². The van der Waals surface area contributed by atoms with E-state index in [4.69, 9.17) is 32.7 Å². The van der Waals surface area contributed by atoms with Gasteiger partial charge in [-0.15, -0.1) is 0 Å². The second kappa shape index (κ2) is 8.89. The lowest BCUT2D eigenvalue weighted by atomic mass is 9.71. The number of carbonyl (C=O) groups excluding carboxylic acids is 2. The third-order valence-corrected chi connectivity index (χ3v) is 7.52. The minimum Gasteiger partial charge on any atom is -0.480 e. The van der Waals surface area contributed by atoms with Gasteiger partial charge in [-0.2, -0.15) is 0 Å². The summed E-state index contributed by atoms with van der Waals surface area (Å²) >= 11 is 13.1. The Kier molecular flexibility index (Phi) is 6.42. The van der Waals surface area contributed by atoms with Crippen LogP contribution in [0, 0.1) is 5.41 Å². The highest BCUT2D eigenvalue weighted by molar-refractivity contribution is 6.44. The van der Waals surface area contributed by atoms with E-state index in [9.17, 15) is 9.59 Å². The van der Waals surface area contributed by atoms with Gasteiger partial charge in [-0.25, -0.2) is 4.79 Å². The molecule has 30 heavy (non-hydrogen) atoms. The topological polar surface area (TPSA) is 55.8 Å². The molecule has 7 heteroatoms. The number of fused-ring (bicyclic) bond motifs is 3. The van der Waals surface area contributed by atoms with Crippen molar-refractivity contribution in [1.82, 2.24) is 4.90 Å². The molecule has 0 spiro atoms. The number of halogens is 2. The van der Waals surface area contributed by atoms with E-state index in [1.165, 1.54) is 12.8 Å². The molecular formula is C23H27Cl2NO4. The Balaban J connectivity index is 1.44. The van der Waals surface area contributed by atoms with Crippen LogP contribution >= 0.6 is 23.2 Å². The summed E-state index contributed by atoms with van der Waals surface area (Å²) < 4.78 is 11.0. The van der Waals surface area contributed by atoms with Crippen molar-refractivity contribution < 1.29 is 19.1 Å². The van der Waals surface area contributed by atoms with Crippen molar-refractivity contribution in [3.05, 3.63) is 33.3 Å². The molecule has 3 aliphatic rings. The maximum Gasteiger partial charge on any atom is 0.344 e. The van der Waals surface area contributed by atoms with Crippen molar-refractivity contribution in [2.24, 2.45) is 5.41 Å². The second-order valence-electron chi connectivity index (χ2n) is 8.43. The first-order valence-corrected chi connectivity index (χ1v) is 11.5. The largest absolute Gasteiger partial charge is 0.480 e. The molecule has 0 saturated carbocycles. The lowest BCUT2D eigenvalue weighted by molar-refractivity contribution is -0.146. The molecule has 162 valence electrons. The monoisotopic (exact) mass is 451 g/mol. The zero-order valence-corrected chi connectivity index (χ0v) is 18.8. The van der Waals surface area contributed by atoms with Gasteiger partial charge in [0.05, 0.1) is 5.02 Å². The third kappa shape index (κ3) is 4.12. The number of esters is 1.